The maximum Gasteiger partial charge on any atom is 0.335 e. The number of rotatable bonds is 9. The van der Waals surface area contributed by atoms with Gasteiger partial charge in [0.05, 0.1) is 17.3 Å². The number of hydrogen-bond donors (Lipinski definition) is 1. The number of hydrogen-bond acceptors (Lipinski definition) is 6. The molecule has 0 unspecified atom stereocenters. The van der Waals surface area contributed by atoms with Crippen molar-refractivity contribution >= 4 is 70.1 Å². The first-order valence-corrected chi connectivity index (χ1v) is 19.3. The average molecular weight is 793 g/mol. The highest BCUT2D eigenvalue weighted by Gasteiger charge is 2.40. The van der Waals surface area contributed by atoms with Crippen LogP contribution in [0.4, 0.5) is 16.2 Å². The molecular formula is C44H36Cl3N3O5. The third kappa shape index (κ3) is 7.18. The minimum atomic E-state index is -0.812. The van der Waals surface area contributed by atoms with E-state index in [0.29, 0.717) is 39.2 Å². The number of halogens is 3. The Kier molecular flexibility index (Phi) is 10.3. The van der Waals surface area contributed by atoms with Crippen molar-refractivity contribution in [3.05, 3.63) is 157 Å². The minimum absolute atomic E-state index is 0.0517. The van der Waals surface area contributed by atoms with Crippen molar-refractivity contribution in [2.75, 3.05) is 29.5 Å². The van der Waals surface area contributed by atoms with Gasteiger partial charge < -0.3 is 14.4 Å². The lowest BCUT2D eigenvalue weighted by Gasteiger charge is -2.44. The zero-order valence-corrected chi connectivity index (χ0v) is 32.1. The summed E-state index contributed by atoms with van der Waals surface area (Å²) >= 11 is 19.2. The van der Waals surface area contributed by atoms with Gasteiger partial charge in [0.2, 0.25) is 0 Å². The van der Waals surface area contributed by atoms with Crippen molar-refractivity contribution in [2.24, 2.45) is 0 Å². The number of barbiturate groups is 1. The average Bonchev–Trinajstić information content (AvgIpc) is 3.18. The van der Waals surface area contributed by atoms with E-state index < -0.39 is 17.8 Å². The molecule has 1 N–H and O–H groups in total. The lowest BCUT2D eigenvalue weighted by atomic mass is 9.76. The second kappa shape index (κ2) is 15.5. The smallest absolute Gasteiger partial charge is 0.335 e. The first-order chi connectivity index (χ1) is 26.7. The van der Waals surface area contributed by atoms with E-state index in [2.05, 4.69) is 34.5 Å². The van der Waals surface area contributed by atoms with Gasteiger partial charge in [-0.1, -0.05) is 102 Å². The number of anilines is 2. The molecule has 278 valence electrons. The van der Waals surface area contributed by atoms with Gasteiger partial charge in [0.1, 0.15) is 12.2 Å². The Hall–Kier alpha value is -5.28. The van der Waals surface area contributed by atoms with E-state index in [1.54, 1.807) is 30.3 Å². The second-order valence-electron chi connectivity index (χ2n) is 13.7. The van der Waals surface area contributed by atoms with Crippen molar-refractivity contribution in [1.82, 2.24) is 5.32 Å². The molecule has 0 saturated carbocycles. The van der Waals surface area contributed by atoms with Crippen molar-refractivity contribution in [2.45, 2.75) is 38.2 Å². The first-order valence-electron chi connectivity index (χ1n) is 18.2. The van der Waals surface area contributed by atoms with Crippen LogP contribution in [-0.4, -0.2) is 37.5 Å². The van der Waals surface area contributed by atoms with Gasteiger partial charge in [-0.15, -0.1) is 0 Å². The number of benzene rings is 5. The van der Waals surface area contributed by atoms with Crippen molar-refractivity contribution in [3.8, 4) is 11.5 Å². The maximum atomic E-state index is 14.4. The van der Waals surface area contributed by atoms with E-state index in [4.69, 9.17) is 44.3 Å². The topological polar surface area (TPSA) is 88.2 Å². The predicted molar refractivity (Wildman–Crippen MR) is 217 cm³/mol. The highest BCUT2D eigenvalue weighted by atomic mass is 35.5. The van der Waals surface area contributed by atoms with Crippen molar-refractivity contribution in [1.29, 1.82) is 0 Å². The maximum absolute atomic E-state index is 14.4. The fraction of sp³-hybridized carbons (Fsp3) is 0.205. The van der Waals surface area contributed by atoms with Crippen LogP contribution >= 0.6 is 34.8 Å². The van der Waals surface area contributed by atoms with Crippen LogP contribution in [0.1, 0.15) is 65.0 Å². The normalized spacial score (nSPS) is 18.6. The van der Waals surface area contributed by atoms with E-state index in [0.717, 1.165) is 47.6 Å². The van der Waals surface area contributed by atoms with Gasteiger partial charge >= 0.3 is 6.03 Å². The number of ether oxygens (including phenoxy) is 2. The van der Waals surface area contributed by atoms with E-state index in [1.165, 1.54) is 17.2 Å². The van der Waals surface area contributed by atoms with Crippen LogP contribution in [0.5, 0.6) is 11.5 Å². The second-order valence-corrected chi connectivity index (χ2v) is 15.0. The SMILES string of the molecule is CCOc1cc(/C=C2\C(=O)NC(=O)N(c3cc4c5c(c3)[C@H](c3ccccc3)CCN5CC[C@H]4c3ccccc3)C2=O)cc(Cl)c1OCc1ccc(Cl)cc1Cl. The molecule has 55 heavy (non-hydrogen) atoms. The lowest BCUT2D eigenvalue weighted by molar-refractivity contribution is -0.122. The quantitative estimate of drug-likeness (QED) is 0.118. The Morgan fingerprint density at radius 2 is 1.40 bits per heavy atom. The minimum Gasteiger partial charge on any atom is -0.490 e. The Morgan fingerprint density at radius 3 is 2.00 bits per heavy atom. The molecule has 5 aromatic carbocycles. The number of urea groups is 1. The van der Waals surface area contributed by atoms with E-state index in [9.17, 15) is 14.4 Å². The molecule has 8 nitrogen and oxygen atoms in total. The number of imide groups is 2. The van der Waals surface area contributed by atoms with Gasteiger partial charge in [-0.2, -0.15) is 0 Å². The van der Waals surface area contributed by atoms with Gasteiger partial charge in [-0.25, -0.2) is 9.69 Å². The van der Waals surface area contributed by atoms with Crippen molar-refractivity contribution < 1.29 is 23.9 Å². The van der Waals surface area contributed by atoms with E-state index in [1.807, 2.05) is 55.5 Å². The monoisotopic (exact) mass is 791 g/mol. The zero-order valence-electron chi connectivity index (χ0n) is 29.9. The number of amides is 4. The van der Waals surface area contributed by atoms with Crippen LogP contribution in [0, 0.1) is 0 Å². The molecular weight excluding hydrogens is 757 g/mol. The fourth-order valence-corrected chi connectivity index (χ4v) is 8.63. The van der Waals surface area contributed by atoms with E-state index in [-0.39, 0.29) is 34.8 Å². The molecule has 3 heterocycles. The largest absolute Gasteiger partial charge is 0.490 e. The van der Waals surface area contributed by atoms with Crippen LogP contribution in [-0.2, 0) is 16.2 Å². The zero-order chi connectivity index (χ0) is 38.2. The molecule has 0 aromatic heterocycles. The molecule has 4 amide bonds. The molecule has 1 fully saturated rings. The summed E-state index contributed by atoms with van der Waals surface area (Å²) in [4.78, 5) is 45.0. The Bertz CT molecular complexity index is 2280. The molecule has 8 rings (SSSR count). The highest BCUT2D eigenvalue weighted by Crippen LogP contribution is 2.50. The number of carbonyl (C=O) groups is 3. The molecule has 0 bridgehead atoms. The van der Waals surface area contributed by atoms with Crippen LogP contribution in [0.3, 0.4) is 0 Å². The molecule has 0 radical (unpaired) electrons. The van der Waals surface area contributed by atoms with Gasteiger partial charge in [0, 0.05) is 46.2 Å². The predicted octanol–water partition coefficient (Wildman–Crippen LogP) is 10.2. The number of nitrogens with zero attached hydrogens (tertiary/aromatic N) is 2. The number of carbonyl (C=O) groups excluding carboxylic acids is 3. The summed E-state index contributed by atoms with van der Waals surface area (Å²) in [6.45, 7) is 4.00. The summed E-state index contributed by atoms with van der Waals surface area (Å²) in [7, 11) is 0. The Labute approximate surface area is 334 Å². The molecule has 0 spiro atoms. The molecule has 5 aromatic rings. The summed E-state index contributed by atoms with van der Waals surface area (Å²) in [5, 5.41) is 3.54. The third-order valence-electron chi connectivity index (χ3n) is 10.4. The Morgan fingerprint density at radius 1 is 0.764 bits per heavy atom. The van der Waals surface area contributed by atoms with Gasteiger partial charge in [0.15, 0.2) is 11.5 Å². The summed E-state index contributed by atoms with van der Waals surface area (Å²) in [5.41, 5.74) is 6.86. The Balaban J connectivity index is 1.18. The molecule has 3 aliphatic heterocycles. The van der Waals surface area contributed by atoms with Crippen LogP contribution < -0.4 is 24.6 Å². The molecule has 11 heteroatoms. The summed E-state index contributed by atoms with van der Waals surface area (Å²) < 4.78 is 11.9. The summed E-state index contributed by atoms with van der Waals surface area (Å²) in [6, 6.07) is 32.0. The van der Waals surface area contributed by atoms with Crippen LogP contribution in [0.25, 0.3) is 6.08 Å². The summed E-state index contributed by atoms with van der Waals surface area (Å²) in [5.74, 6) is -0.880. The molecule has 1 saturated heterocycles. The third-order valence-corrected chi connectivity index (χ3v) is 11.3. The van der Waals surface area contributed by atoms with Gasteiger partial charge in [-0.05, 0) is 90.1 Å². The standard InChI is InChI=1S/C44H36Cl3N3O5/c1-2-54-39-21-26(20-38(47)41(39)55-25-29-13-14-30(45)22-37(29)46)19-36-42(51)48-44(53)50(43(36)52)31-23-34-32(27-9-5-3-6-10-27)15-17-49-18-16-33(35(24-31)40(34)49)28-11-7-4-8-12-28/h3-14,19-24,32-33H,2,15-18,25H2,1H3,(H,48,51,53)/b36-19+/t32-,33-/m0/s1. The van der Waals surface area contributed by atoms with Crippen LogP contribution in [0.2, 0.25) is 15.1 Å². The number of nitrogens with one attached hydrogen (secondary N) is 1. The summed E-state index contributed by atoms with van der Waals surface area (Å²) in [6.07, 6.45) is 3.18. The van der Waals surface area contributed by atoms with Crippen molar-refractivity contribution in [3.63, 3.8) is 0 Å². The van der Waals surface area contributed by atoms with Gasteiger partial charge in [0.25, 0.3) is 11.8 Å². The highest BCUT2D eigenvalue weighted by molar-refractivity contribution is 6.39. The molecule has 2 atom stereocenters. The van der Waals surface area contributed by atoms with Crippen LogP contribution in [0.15, 0.2) is 109 Å². The molecule has 0 aliphatic carbocycles. The molecule has 3 aliphatic rings. The van der Waals surface area contributed by atoms with E-state index >= 15 is 0 Å². The first kappa shape index (κ1) is 36.7. The lowest BCUT2D eigenvalue weighted by Crippen LogP contribution is -2.54. The van der Waals surface area contributed by atoms with Gasteiger partial charge in [-0.3, -0.25) is 14.9 Å². The fourth-order valence-electron chi connectivity index (χ4n) is 7.89.